The van der Waals surface area contributed by atoms with Crippen molar-refractivity contribution >= 4 is 5.57 Å². The Bertz CT molecular complexity index is 225. The van der Waals surface area contributed by atoms with Crippen LogP contribution in [-0.2, 0) is 0 Å². The molecule has 0 aliphatic rings. The lowest BCUT2D eigenvalue weighted by molar-refractivity contribution is 0.415. The lowest BCUT2D eigenvalue weighted by Gasteiger charge is -1.89. The van der Waals surface area contributed by atoms with E-state index in [4.69, 9.17) is 4.52 Å². The third kappa shape index (κ3) is 1.02. The molecule has 0 spiro atoms. The first-order valence-electron chi connectivity index (χ1n) is 2.78. The van der Waals surface area contributed by atoms with E-state index in [1.165, 1.54) is 0 Å². The number of aryl methyl sites for hydroxylation is 1. The zero-order valence-corrected chi connectivity index (χ0v) is 5.64. The van der Waals surface area contributed by atoms with Gasteiger partial charge in [-0.2, -0.15) is 0 Å². The van der Waals surface area contributed by atoms with E-state index in [0.29, 0.717) is 0 Å². The fraction of sp³-hybridized carbons (Fsp3) is 0.286. The Labute approximate surface area is 54.2 Å². The number of rotatable bonds is 1. The summed E-state index contributed by atoms with van der Waals surface area (Å²) >= 11 is 0. The second-order valence-corrected chi connectivity index (χ2v) is 2.09. The highest BCUT2D eigenvalue weighted by Crippen LogP contribution is 2.13. The van der Waals surface area contributed by atoms with E-state index in [1.807, 2.05) is 13.8 Å². The quantitative estimate of drug-likeness (QED) is 0.571. The topological polar surface area (TPSA) is 26.0 Å². The van der Waals surface area contributed by atoms with Crippen molar-refractivity contribution in [3.05, 3.63) is 24.1 Å². The van der Waals surface area contributed by atoms with Gasteiger partial charge >= 0.3 is 0 Å². The van der Waals surface area contributed by atoms with Gasteiger partial charge in [0.25, 0.3) is 0 Å². The summed E-state index contributed by atoms with van der Waals surface area (Å²) in [5.41, 5.74) is 2.91. The Hall–Kier alpha value is -1.05. The van der Waals surface area contributed by atoms with Gasteiger partial charge in [0, 0.05) is 5.56 Å². The number of nitrogens with zero attached hydrogens (tertiary/aromatic N) is 1. The van der Waals surface area contributed by atoms with E-state index in [1.54, 1.807) is 6.26 Å². The Balaban J connectivity index is 3.08. The van der Waals surface area contributed by atoms with E-state index < -0.39 is 0 Å². The van der Waals surface area contributed by atoms with Gasteiger partial charge in [-0.25, -0.2) is 0 Å². The Kier molecular flexibility index (Phi) is 1.39. The molecule has 0 radical (unpaired) electrons. The summed E-state index contributed by atoms with van der Waals surface area (Å²) in [6.07, 6.45) is 1.61. The molecule has 1 rings (SSSR count). The molecular formula is C7H9NO. The Morgan fingerprint density at radius 3 is 2.67 bits per heavy atom. The van der Waals surface area contributed by atoms with Gasteiger partial charge in [-0.05, 0) is 19.4 Å². The minimum atomic E-state index is 0.905. The summed E-state index contributed by atoms with van der Waals surface area (Å²) in [5.74, 6) is 0. The van der Waals surface area contributed by atoms with Crippen LogP contribution in [0.1, 0.15) is 18.2 Å². The van der Waals surface area contributed by atoms with Gasteiger partial charge in [0.2, 0.25) is 0 Å². The van der Waals surface area contributed by atoms with Crippen LogP contribution >= 0.6 is 0 Å². The molecule has 0 saturated carbocycles. The monoisotopic (exact) mass is 123 g/mol. The summed E-state index contributed by atoms with van der Waals surface area (Å²) < 4.78 is 4.70. The Morgan fingerprint density at radius 1 is 1.78 bits per heavy atom. The van der Waals surface area contributed by atoms with Crippen molar-refractivity contribution in [1.29, 1.82) is 0 Å². The Morgan fingerprint density at radius 2 is 2.44 bits per heavy atom. The fourth-order valence-corrected chi connectivity index (χ4v) is 0.702. The number of hydrogen-bond donors (Lipinski definition) is 0. The molecule has 9 heavy (non-hydrogen) atoms. The normalized spacial score (nSPS) is 9.56. The molecule has 0 atom stereocenters. The average Bonchev–Trinajstić information content (AvgIpc) is 2.13. The maximum atomic E-state index is 4.70. The summed E-state index contributed by atoms with van der Waals surface area (Å²) in [4.78, 5) is 0. The smallest absolute Gasteiger partial charge is 0.131 e. The van der Waals surface area contributed by atoms with Crippen LogP contribution in [0.15, 0.2) is 17.4 Å². The molecule has 0 unspecified atom stereocenters. The molecule has 0 aliphatic carbocycles. The summed E-state index contributed by atoms with van der Waals surface area (Å²) in [6.45, 7) is 7.58. The van der Waals surface area contributed by atoms with Gasteiger partial charge in [0.05, 0.1) is 5.69 Å². The molecule has 2 nitrogen and oxygen atoms in total. The maximum Gasteiger partial charge on any atom is 0.131 e. The summed E-state index contributed by atoms with van der Waals surface area (Å²) in [7, 11) is 0. The lowest BCUT2D eigenvalue weighted by atomic mass is 10.1. The third-order valence-electron chi connectivity index (χ3n) is 1.21. The number of aromatic nitrogens is 1. The summed E-state index contributed by atoms with van der Waals surface area (Å²) in [5, 5.41) is 3.70. The van der Waals surface area contributed by atoms with Crippen molar-refractivity contribution < 1.29 is 4.52 Å². The van der Waals surface area contributed by atoms with E-state index in [-0.39, 0.29) is 0 Å². The van der Waals surface area contributed by atoms with E-state index >= 15 is 0 Å². The van der Waals surface area contributed by atoms with Crippen LogP contribution in [-0.4, -0.2) is 5.16 Å². The molecule has 0 aromatic carbocycles. The van der Waals surface area contributed by atoms with Crippen LogP contribution in [0.3, 0.4) is 0 Å². The second-order valence-electron chi connectivity index (χ2n) is 2.09. The number of allylic oxidation sites excluding steroid dienone is 1. The van der Waals surface area contributed by atoms with Crippen molar-refractivity contribution in [2.45, 2.75) is 13.8 Å². The van der Waals surface area contributed by atoms with Gasteiger partial charge in [0.15, 0.2) is 0 Å². The van der Waals surface area contributed by atoms with Crippen molar-refractivity contribution in [2.75, 3.05) is 0 Å². The highest BCUT2D eigenvalue weighted by molar-refractivity contribution is 5.61. The van der Waals surface area contributed by atoms with E-state index in [9.17, 15) is 0 Å². The predicted molar refractivity (Wildman–Crippen MR) is 35.9 cm³/mol. The minimum Gasteiger partial charge on any atom is -0.364 e. The predicted octanol–water partition coefficient (Wildman–Crippen LogP) is 2.02. The van der Waals surface area contributed by atoms with Gasteiger partial charge < -0.3 is 4.52 Å². The molecule has 0 fully saturated rings. The van der Waals surface area contributed by atoms with Gasteiger partial charge in [-0.15, -0.1) is 0 Å². The molecule has 0 aliphatic heterocycles. The molecule has 0 N–H and O–H groups in total. The standard InChI is InChI=1S/C7H9NO/c1-5(2)7-4-9-8-6(7)3/h4H,1H2,2-3H3. The molecule has 2 heteroatoms. The minimum absolute atomic E-state index is 0.905. The largest absolute Gasteiger partial charge is 0.364 e. The molecule has 48 valence electrons. The van der Waals surface area contributed by atoms with Crippen LogP contribution in [0, 0.1) is 6.92 Å². The van der Waals surface area contributed by atoms with Crippen LogP contribution in [0.25, 0.3) is 5.57 Å². The molecule has 0 bridgehead atoms. The average molecular weight is 123 g/mol. The zero-order chi connectivity index (χ0) is 6.85. The van der Waals surface area contributed by atoms with Crippen molar-refractivity contribution in [3.8, 4) is 0 Å². The van der Waals surface area contributed by atoms with Crippen LogP contribution in [0.4, 0.5) is 0 Å². The molecule has 1 heterocycles. The first-order valence-corrected chi connectivity index (χ1v) is 2.78. The van der Waals surface area contributed by atoms with Gasteiger partial charge in [0.1, 0.15) is 6.26 Å². The first kappa shape index (κ1) is 6.08. The molecule has 0 amide bonds. The third-order valence-corrected chi connectivity index (χ3v) is 1.21. The van der Waals surface area contributed by atoms with E-state index in [0.717, 1.165) is 16.8 Å². The maximum absolute atomic E-state index is 4.70. The first-order chi connectivity index (χ1) is 4.22. The van der Waals surface area contributed by atoms with Crippen molar-refractivity contribution in [2.24, 2.45) is 0 Å². The van der Waals surface area contributed by atoms with Gasteiger partial charge in [-0.3, -0.25) is 0 Å². The fourth-order valence-electron chi connectivity index (χ4n) is 0.702. The van der Waals surface area contributed by atoms with Gasteiger partial charge in [-0.1, -0.05) is 11.7 Å². The highest BCUT2D eigenvalue weighted by Gasteiger charge is 2.00. The molecule has 1 aromatic rings. The second kappa shape index (κ2) is 2.05. The highest BCUT2D eigenvalue weighted by atomic mass is 16.5. The van der Waals surface area contributed by atoms with Crippen molar-refractivity contribution in [1.82, 2.24) is 5.16 Å². The summed E-state index contributed by atoms with van der Waals surface area (Å²) in [6, 6.07) is 0. The van der Waals surface area contributed by atoms with E-state index in [2.05, 4.69) is 11.7 Å². The van der Waals surface area contributed by atoms with Crippen molar-refractivity contribution in [3.63, 3.8) is 0 Å². The molecule has 0 saturated heterocycles. The van der Waals surface area contributed by atoms with Crippen LogP contribution in [0.2, 0.25) is 0 Å². The molecular weight excluding hydrogens is 114 g/mol. The SMILES string of the molecule is C=C(C)c1conc1C. The van der Waals surface area contributed by atoms with Crippen LogP contribution in [0.5, 0.6) is 0 Å². The lowest BCUT2D eigenvalue weighted by Crippen LogP contribution is -1.76. The molecule has 1 aromatic heterocycles. The zero-order valence-electron chi connectivity index (χ0n) is 5.64. The van der Waals surface area contributed by atoms with Crippen LogP contribution < -0.4 is 0 Å². The number of hydrogen-bond acceptors (Lipinski definition) is 2.